The molecule has 1 heterocycles. The van der Waals surface area contributed by atoms with Crippen LogP contribution in [-0.2, 0) is 5.41 Å². The average molecular weight is 361 g/mol. The van der Waals surface area contributed by atoms with Gasteiger partial charge in [-0.25, -0.2) is 13.8 Å². The van der Waals surface area contributed by atoms with E-state index >= 15 is 0 Å². The number of nitrogens with zero attached hydrogens (tertiary/aromatic N) is 1. The molecule has 5 nitrogen and oxygen atoms in total. The van der Waals surface area contributed by atoms with E-state index in [4.69, 9.17) is 0 Å². The highest BCUT2D eigenvalue weighted by molar-refractivity contribution is 5.92. The first-order valence-electron chi connectivity index (χ1n) is 8.64. The molecule has 1 aromatic heterocycles. The molecule has 1 amide bonds. The van der Waals surface area contributed by atoms with Crippen LogP contribution in [0.25, 0.3) is 0 Å². The van der Waals surface area contributed by atoms with Crippen molar-refractivity contribution >= 4 is 5.91 Å². The Bertz CT molecular complexity index is 902. The zero-order valence-corrected chi connectivity index (χ0v) is 14.8. The topological polar surface area (TPSA) is 74.8 Å². The summed E-state index contributed by atoms with van der Waals surface area (Å²) in [5, 5.41) is 2.70. The highest BCUT2D eigenvalue weighted by Gasteiger charge is 2.39. The minimum absolute atomic E-state index is 0.125. The van der Waals surface area contributed by atoms with Gasteiger partial charge in [0.2, 0.25) is 0 Å². The molecule has 0 spiro atoms. The molecule has 0 aliphatic heterocycles. The largest absolute Gasteiger partial charge is 0.350 e. The quantitative estimate of drug-likeness (QED) is 0.879. The van der Waals surface area contributed by atoms with E-state index in [1.165, 1.54) is 6.07 Å². The second-order valence-electron chi connectivity index (χ2n) is 6.90. The summed E-state index contributed by atoms with van der Waals surface area (Å²) in [6.07, 6.45) is 3.03. The standard InChI is InChI=1S/C19H21F2N3O2/c1-11-12(2)24-18(26)16(23-11)17(25)22-10-19(8-3-4-9-19)13-6-5-7-14(20)15(13)21/h5-7H,3-4,8-10H2,1-2H3,(H,22,25)(H,24,26). The summed E-state index contributed by atoms with van der Waals surface area (Å²) < 4.78 is 28.0. The SMILES string of the molecule is Cc1nc(C(=O)NCC2(c3cccc(F)c3F)CCCC2)c(=O)[nH]c1C. The van der Waals surface area contributed by atoms with Gasteiger partial charge in [0, 0.05) is 17.7 Å². The molecule has 0 saturated heterocycles. The fourth-order valence-electron chi connectivity index (χ4n) is 3.62. The molecule has 2 N–H and O–H groups in total. The second-order valence-corrected chi connectivity index (χ2v) is 6.90. The van der Waals surface area contributed by atoms with Crippen LogP contribution in [0.4, 0.5) is 8.78 Å². The molecule has 1 fully saturated rings. The zero-order chi connectivity index (χ0) is 18.9. The lowest BCUT2D eigenvalue weighted by molar-refractivity contribution is 0.0935. The van der Waals surface area contributed by atoms with Crippen LogP contribution in [-0.4, -0.2) is 22.4 Å². The Morgan fingerprint density at radius 2 is 1.96 bits per heavy atom. The smallest absolute Gasteiger partial charge is 0.279 e. The van der Waals surface area contributed by atoms with E-state index in [1.54, 1.807) is 19.9 Å². The Balaban J connectivity index is 1.86. The first kappa shape index (κ1) is 18.2. The highest BCUT2D eigenvalue weighted by Crippen LogP contribution is 2.42. The zero-order valence-electron chi connectivity index (χ0n) is 14.8. The summed E-state index contributed by atoms with van der Waals surface area (Å²) in [7, 11) is 0. The molecule has 0 radical (unpaired) electrons. The summed E-state index contributed by atoms with van der Waals surface area (Å²) >= 11 is 0. The van der Waals surface area contributed by atoms with Gasteiger partial charge in [-0.15, -0.1) is 0 Å². The molecule has 0 atom stereocenters. The number of hydrogen-bond acceptors (Lipinski definition) is 3. The maximum atomic E-state index is 14.4. The minimum atomic E-state index is -0.896. The molecule has 0 bridgehead atoms. The minimum Gasteiger partial charge on any atom is -0.350 e. The van der Waals surface area contributed by atoms with Crippen molar-refractivity contribution in [1.82, 2.24) is 15.3 Å². The average Bonchev–Trinajstić information content (AvgIpc) is 3.08. The first-order valence-corrected chi connectivity index (χ1v) is 8.64. The van der Waals surface area contributed by atoms with Crippen LogP contribution in [0.5, 0.6) is 0 Å². The van der Waals surface area contributed by atoms with Gasteiger partial charge < -0.3 is 10.3 Å². The summed E-state index contributed by atoms with van der Waals surface area (Å²) in [5.74, 6) is -2.38. The number of aromatic nitrogens is 2. The van der Waals surface area contributed by atoms with Crippen LogP contribution in [0.2, 0.25) is 0 Å². The number of H-pyrrole nitrogens is 1. The van der Waals surface area contributed by atoms with Gasteiger partial charge in [0.1, 0.15) is 0 Å². The monoisotopic (exact) mass is 361 g/mol. The van der Waals surface area contributed by atoms with Gasteiger partial charge >= 0.3 is 0 Å². The van der Waals surface area contributed by atoms with Gasteiger partial charge in [-0.1, -0.05) is 25.0 Å². The van der Waals surface area contributed by atoms with Crippen molar-refractivity contribution in [1.29, 1.82) is 0 Å². The molecule has 0 unspecified atom stereocenters. The number of benzene rings is 1. The number of rotatable bonds is 4. The summed E-state index contributed by atoms with van der Waals surface area (Å²) in [6, 6.07) is 4.13. The lowest BCUT2D eigenvalue weighted by Crippen LogP contribution is -2.41. The van der Waals surface area contributed by atoms with Crippen LogP contribution in [0.15, 0.2) is 23.0 Å². The Labute approximate surface area is 149 Å². The van der Waals surface area contributed by atoms with Crippen molar-refractivity contribution in [2.45, 2.75) is 44.9 Å². The Morgan fingerprint density at radius 1 is 1.27 bits per heavy atom. The van der Waals surface area contributed by atoms with E-state index in [0.717, 1.165) is 18.9 Å². The molecular formula is C19H21F2N3O2. The normalized spacial score (nSPS) is 15.8. The predicted molar refractivity (Wildman–Crippen MR) is 93.2 cm³/mol. The third-order valence-corrected chi connectivity index (χ3v) is 5.22. The van der Waals surface area contributed by atoms with Crippen molar-refractivity contribution in [3.05, 3.63) is 62.8 Å². The number of carbonyl (C=O) groups excluding carboxylic acids is 1. The lowest BCUT2D eigenvalue weighted by Gasteiger charge is -2.30. The number of hydrogen-bond donors (Lipinski definition) is 2. The van der Waals surface area contributed by atoms with Crippen molar-refractivity contribution in [2.24, 2.45) is 0 Å². The molecule has 1 saturated carbocycles. The second kappa shape index (κ2) is 6.97. The van der Waals surface area contributed by atoms with Crippen molar-refractivity contribution in [3.63, 3.8) is 0 Å². The number of aromatic amines is 1. The molecular weight excluding hydrogens is 340 g/mol. The van der Waals surface area contributed by atoms with Gasteiger partial charge in [0.15, 0.2) is 17.3 Å². The third-order valence-electron chi connectivity index (χ3n) is 5.22. The molecule has 7 heteroatoms. The van der Waals surface area contributed by atoms with Crippen LogP contribution >= 0.6 is 0 Å². The van der Waals surface area contributed by atoms with Crippen molar-refractivity contribution in [2.75, 3.05) is 6.54 Å². The van der Waals surface area contributed by atoms with Gasteiger partial charge in [-0.2, -0.15) is 0 Å². The summed E-state index contributed by atoms with van der Waals surface area (Å²) in [6.45, 7) is 3.52. The fraction of sp³-hybridized carbons (Fsp3) is 0.421. The number of aryl methyl sites for hydroxylation is 2. The first-order chi connectivity index (χ1) is 12.3. The van der Waals surface area contributed by atoms with Crippen LogP contribution < -0.4 is 10.9 Å². The van der Waals surface area contributed by atoms with Crippen LogP contribution in [0.3, 0.4) is 0 Å². The van der Waals surface area contributed by atoms with Gasteiger partial charge in [-0.05, 0) is 38.3 Å². The summed E-state index contributed by atoms with van der Waals surface area (Å²) in [5.41, 5.74) is -0.0303. The van der Waals surface area contributed by atoms with E-state index in [9.17, 15) is 18.4 Å². The maximum Gasteiger partial charge on any atom is 0.279 e. The lowest BCUT2D eigenvalue weighted by atomic mass is 9.78. The van der Waals surface area contributed by atoms with E-state index in [2.05, 4.69) is 15.3 Å². The maximum absolute atomic E-state index is 14.4. The van der Waals surface area contributed by atoms with Crippen molar-refractivity contribution < 1.29 is 13.6 Å². The number of amides is 1. The van der Waals surface area contributed by atoms with Crippen LogP contribution in [0.1, 0.15) is 53.1 Å². The Hall–Kier alpha value is -2.57. The number of halogens is 2. The van der Waals surface area contributed by atoms with Crippen molar-refractivity contribution in [3.8, 4) is 0 Å². The van der Waals surface area contributed by atoms with E-state index in [1.807, 2.05) is 0 Å². The Morgan fingerprint density at radius 3 is 2.65 bits per heavy atom. The highest BCUT2D eigenvalue weighted by atomic mass is 19.2. The number of nitrogens with one attached hydrogen (secondary N) is 2. The number of carbonyl (C=O) groups is 1. The predicted octanol–water partition coefficient (Wildman–Crippen LogP) is 2.91. The van der Waals surface area contributed by atoms with E-state index in [0.29, 0.717) is 24.2 Å². The fourth-order valence-corrected chi connectivity index (χ4v) is 3.62. The summed E-state index contributed by atoms with van der Waals surface area (Å²) in [4.78, 5) is 31.1. The molecule has 26 heavy (non-hydrogen) atoms. The molecule has 2 aromatic rings. The molecule has 3 rings (SSSR count). The molecule has 1 aliphatic rings. The van der Waals surface area contributed by atoms with E-state index < -0.39 is 28.5 Å². The molecule has 1 aromatic carbocycles. The molecule has 138 valence electrons. The van der Waals surface area contributed by atoms with Gasteiger partial charge in [0.25, 0.3) is 11.5 Å². The van der Waals surface area contributed by atoms with Gasteiger partial charge in [0.05, 0.1) is 5.69 Å². The Kier molecular flexibility index (Phi) is 4.89. The third kappa shape index (κ3) is 3.25. The van der Waals surface area contributed by atoms with Crippen LogP contribution in [0, 0.1) is 25.5 Å². The van der Waals surface area contributed by atoms with E-state index in [-0.39, 0.29) is 17.8 Å². The van der Waals surface area contributed by atoms with Gasteiger partial charge in [-0.3, -0.25) is 9.59 Å². The molecule has 1 aliphatic carbocycles.